The Morgan fingerprint density at radius 3 is 2.18 bits per heavy atom. The molecule has 0 rings (SSSR count). The lowest BCUT2D eigenvalue weighted by molar-refractivity contribution is -0.111. The lowest BCUT2D eigenvalue weighted by Gasteiger charge is -2.18. The SMILES string of the molecule is COP(=O)(CC(=O)/C(C)=N/N(C)C(C)C)OC. The van der Waals surface area contributed by atoms with Crippen LogP contribution in [0.3, 0.4) is 0 Å². The Morgan fingerprint density at radius 1 is 1.35 bits per heavy atom. The fourth-order valence-electron chi connectivity index (χ4n) is 0.902. The lowest BCUT2D eigenvalue weighted by Crippen LogP contribution is -2.25. The number of hydrogen-bond acceptors (Lipinski definition) is 6. The van der Waals surface area contributed by atoms with Crippen LogP contribution in [0.5, 0.6) is 0 Å². The minimum atomic E-state index is -3.31. The van der Waals surface area contributed by atoms with Gasteiger partial charge in [-0.3, -0.25) is 14.4 Å². The molecule has 0 bridgehead atoms. The summed E-state index contributed by atoms with van der Waals surface area (Å²) in [6.07, 6.45) is -0.290. The molecule has 0 aromatic rings. The van der Waals surface area contributed by atoms with Gasteiger partial charge in [0.05, 0.1) is 0 Å². The quantitative estimate of drug-likeness (QED) is 0.398. The van der Waals surface area contributed by atoms with Crippen molar-refractivity contribution < 1.29 is 18.4 Å². The molecular weight excluding hydrogens is 243 g/mol. The van der Waals surface area contributed by atoms with Crippen LogP contribution >= 0.6 is 7.60 Å². The normalized spacial score (nSPS) is 13.0. The number of carbonyl (C=O) groups excluding carboxylic acids is 1. The third kappa shape index (κ3) is 5.44. The molecular formula is C10H21N2O4P. The molecule has 0 aliphatic carbocycles. The second-order valence-corrected chi connectivity index (χ2v) is 6.18. The van der Waals surface area contributed by atoms with Crippen molar-refractivity contribution in [3.05, 3.63) is 0 Å². The van der Waals surface area contributed by atoms with Gasteiger partial charge < -0.3 is 9.05 Å². The van der Waals surface area contributed by atoms with E-state index in [4.69, 9.17) is 9.05 Å². The van der Waals surface area contributed by atoms with Gasteiger partial charge in [-0.05, 0) is 20.8 Å². The minimum absolute atomic E-state index is 0.189. The van der Waals surface area contributed by atoms with Crippen molar-refractivity contribution >= 4 is 19.1 Å². The van der Waals surface area contributed by atoms with Gasteiger partial charge in [0.2, 0.25) is 0 Å². The zero-order valence-electron chi connectivity index (χ0n) is 11.3. The highest BCUT2D eigenvalue weighted by molar-refractivity contribution is 7.55. The zero-order chi connectivity index (χ0) is 13.6. The Bertz CT molecular complexity index is 333. The molecule has 0 atom stereocenters. The van der Waals surface area contributed by atoms with E-state index in [0.717, 1.165) is 0 Å². The van der Waals surface area contributed by atoms with E-state index in [-0.39, 0.29) is 23.7 Å². The first-order valence-corrected chi connectivity index (χ1v) is 7.00. The largest absolute Gasteiger partial charge is 0.337 e. The summed E-state index contributed by atoms with van der Waals surface area (Å²) in [5.41, 5.74) is 0.288. The van der Waals surface area contributed by atoms with Gasteiger partial charge in [-0.2, -0.15) is 5.10 Å². The zero-order valence-corrected chi connectivity index (χ0v) is 12.2. The molecule has 0 saturated heterocycles. The molecule has 7 heteroatoms. The van der Waals surface area contributed by atoms with Crippen molar-refractivity contribution in [3.8, 4) is 0 Å². The van der Waals surface area contributed by atoms with E-state index in [1.165, 1.54) is 14.2 Å². The van der Waals surface area contributed by atoms with Crippen LogP contribution in [0.25, 0.3) is 0 Å². The number of hydrazone groups is 1. The maximum atomic E-state index is 11.8. The van der Waals surface area contributed by atoms with Crippen LogP contribution in [-0.2, 0) is 18.4 Å². The fourth-order valence-corrected chi connectivity index (χ4v) is 1.89. The van der Waals surface area contributed by atoms with Gasteiger partial charge in [0.15, 0.2) is 5.78 Å². The van der Waals surface area contributed by atoms with E-state index in [9.17, 15) is 9.36 Å². The van der Waals surface area contributed by atoms with Gasteiger partial charge in [0, 0.05) is 27.3 Å². The highest BCUT2D eigenvalue weighted by atomic mass is 31.2. The molecule has 6 nitrogen and oxygen atoms in total. The summed E-state index contributed by atoms with van der Waals surface area (Å²) in [6, 6.07) is 0.189. The van der Waals surface area contributed by atoms with E-state index in [1.54, 1.807) is 19.0 Å². The summed E-state index contributed by atoms with van der Waals surface area (Å²) < 4.78 is 21.2. The Morgan fingerprint density at radius 2 is 1.82 bits per heavy atom. The molecule has 17 heavy (non-hydrogen) atoms. The molecule has 0 fully saturated rings. The van der Waals surface area contributed by atoms with Crippen LogP contribution in [0.4, 0.5) is 0 Å². The molecule has 0 saturated carbocycles. The molecule has 0 N–H and O–H groups in total. The third-order valence-electron chi connectivity index (χ3n) is 2.35. The molecule has 0 aliphatic heterocycles. The predicted molar refractivity (Wildman–Crippen MR) is 67.5 cm³/mol. The maximum Gasteiger partial charge on any atom is 0.337 e. The molecule has 100 valence electrons. The summed E-state index contributed by atoms with van der Waals surface area (Å²) in [4.78, 5) is 11.7. The van der Waals surface area contributed by atoms with Crippen molar-refractivity contribution in [1.29, 1.82) is 0 Å². The van der Waals surface area contributed by atoms with Crippen LogP contribution < -0.4 is 0 Å². The topological polar surface area (TPSA) is 68.2 Å². The van der Waals surface area contributed by atoms with Crippen molar-refractivity contribution in [2.45, 2.75) is 26.8 Å². The third-order valence-corrected chi connectivity index (χ3v) is 4.14. The first-order chi connectivity index (χ1) is 7.75. The molecule has 0 radical (unpaired) electrons. The van der Waals surface area contributed by atoms with Gasteiger partial charge >= 0.3 is 7.60 Å². The van der Waals surface area contributed by atoms with Gasteiger partial charge in [-0.25, -0.2) is 0 Å². The average Bonchev–Trinajstić information content (AvgIpc) is 2.28. The fraction of sp³-hybridized carbons (Fsp3) is 0.800. The summed E-state index contributed by atoms with van der Waals surface area (Å²) >= 11 is 0. The maximum absolute atomic E-state index is 11.8. The van der Waals surface area contributed by atoms with Crippen LogP contribution in [0.2, 0.25) is 0 Å². The lowest BCUT2D eigenvalue weighted by atomic mass is 10.3. The Hall–Kier alpha value is -0.710. The molecule has 0 aromatic heterocycles. The second-order valence-electron chi connectivity index (χ2n) is 3.91. The van der Waals surface area contributed by atoms with Gasteiger partial charge in [0.25, 0.3) is 0 Å². The molecule has 0 heterocycles. The smallest absolute Gasteiger partial charge is 0.312 e. The standard InChI is InChI=1S/C10H21N2O4P/c1-8(2)12(4)11-9(3)10(13)7-17(14,15-5)16-6/h8H,7H2,1-6H3/b11-9+. The molecule has 0 spiro atoms. The molecule has 0 amide bonds. The van der Waals surface area contributed by atoms with Gasteiger partial charge in [-0.15, -0.1) is 0 Å². The number of nitrogens with zero attached hydrogens (tertiary/aromatic N) is 2. The molecule has 0 aliphatic rings. The summed E-state index contributed by atoms with van der Waals surface area (Å²) in [7, 11) is 0.973. The number of rotatable bonds is 7. The number of hydrogen-bond donors (Lipinski definition) is 0. The van der Waals surface area contributed by atoms with E-state index >= 15 is 0 Å². The summed E-state index contributed by atoms with van der Waals surface area (Å²) in [5.74, 6) is -0.343. The monoisotopic (exact) mass is 264 g/mol. The number of carbonyl (C=O) groups is 1. The van der Waals surface area contributed by atoms with Crippen molar-refractivity contribution in [1.82, 2.24) is 5.01 Å². The van der Waals surface area contributed by atoms with Crippen LogP contribution in [0.15, 0.2) is 5.10 Å². The van der Waals surface area contributed by atoms with E-state index in [2.05, 4.69) is 5.10 Å². The van der Waals surface area contributed by atoms with Crippen molar-refractivity contribution in [2.24, 2.45) is 5.10 Å². The van der Waals surface area contributed by atoms with Crippen LogP contribution in [0.1, 0.15) is 20.8 Å². The second kappa shape index (κ2) is 6.89. The Labute approximate surface area is 103 Å². The summed E-state index contributed by atoms with van der Waals surface area (Å²) in [5, 5.41) is 5.76. The number of Topliss-reactive ketones (excluding diaryl/α,β-unsaturated/α-hetero) is 1. The minimum Gasteiger partial charge on any atom is -0.312 e. The Kier molecular flexibility index (Phi) is 6.60. The Balaban J connectivity index is 4.68. The highest BCUT2D eigenvalue weighted by Gasteiger charge is 2.26. The first-order valence-electron chi connectivity index (χ1n) is 5.27. The van der Waals surface area contributed by atoms with Crippen molar-refractivity contribution in [2.75, 3.05) is 27.4 Å². The van der Waals surface area contributed by atoms with Crippen molar-refractivity contribution in [3.63, 3.8) is 0 Å². The van der Waals surface area contributed by atoms with E-state index in [0.29, 0.717) is 0 Å². The molecule has 0 aromatic carbocycles. The summed E-state index contributed by atoms with van der Waals surface area (Å²) in [6.45, 7) is 5.49. The van der Waals surface area contributed by atoms with Gasteiger partial charge in [0.1, 0.15) is 11.9 Å². The predicted octanol–water partition coefficient (Wildman–Crippen LogP) is 1.76. The van der Waals surface area contributed by atoms with E-state index in [1.807, 2.05) is 13.8 Å². The van der Waals surface area contributed by atoms with E-state index < -0.39 is 7.60 Å². The first kappa shape index (κ1) is 16.3. The average molecular weight is 264 g/mol. The van der Waals surface area contributed by atoms with Crippen LogP contribution in [-0.4, -0.2) is 50.0 Å². The molecule has 0 unspecified atom stereocenters. The van der Waals surface area contributed by atoms with Gasteiger partial charge in [-0.1, -0.05) is 0 Å². The van der Waals surface area contributed by atoms with Crippen LogP contribution in [0, 0.1) is 0 Å². The number of ketones is 1. The highest BCUT2D eigenvalue weighted by Crippen LogP contribution is 2.46.